The van der Waals surface area contributed by atoms with Crippen molar-refractivity contribution in [3.63, 3.8) is 0 Å². The molecule has 0 aromatic heterocycles. The van der Waals surface area contributed by atoms with Gasteiger partial charge in [-0.3, -0.25) is 13.9 Å². The Morgan fingerprint density at radius 1 is 0.822 bits per heavy atom. The summed E-state index contributed by atoms with van der Waals surface area (Å²) < 4.78 is 43.3. The van der Waals surface area contributed by atoms with Crippen molar-refractivity contribution in [3.8, 4) is 0 Å². The molecule has 0 radical (unpaired) electrons. The van der Waals surface area contributed by atoms with Gasteiger partial charge < -0.3 is 10.2 Å². The van der Waals surface area contributed by atoms with Crippen LogP contribution in [0.25, 0.3) is 0 Å². The third-order valence-electron chi connectivity index (χ3n) is 7.47. The average Bonchev–Trinajstić information content (AvgIpc) is 3.03. The molecule has 4 aromatic carbocycles. The van der Waals surface area contributed by atoms with Crippen LogP contribution in [0, 0.1) is 25.6 Å². The summed E-state index contributed by atoms with van der Waals surface area (Å²) in [5.74, 6) is -1.18. The smallest absolute Gasteiger partial charge is 0.264 e. The maximum Gasteiger partial charge on any atom is 0.264 e. The molecule has 4 rings (SSSR count). The second kappa shape index (κ2) is 15.0. The van der Waals surface area contributed by atoms with E-state index in [1.165, 1.54) is 29.2 Å². The summed E-state index contributed by atoms with van der Waals surface area (Å²) in [6, 6.07) is 27.5. The van der Waals surface area contributed by atoms with E-state index in [9.17, 15) is 22.4 Å². The van der Waals surface area contributed by atoms with Crippen molar-refractivity contribution in [3.05, 3.63) is 131 Å². The van der Waals surface area contributed by atoms with Crippen molar-refractivity contribution in [1.29, 1.82) is 0 Å². The van der Waals surface area contributed by atoms with Crippen LogP contribution in [0.1, 0.15) is 36.1 Å². The van der Waals surface area contributed by atoms with Crippen molar-refractivity contribution in [2.75, 3.05) is 17.4 Å². The second-order valence-corrected chi connectivity index (χ2v) is 13.5. The molecule has 1 N–H and O–H groups in total. The molecule has 4 aromatic rings. The van der Waals surface area contributed by atoms with Gasteiger partial charge in [0.2, 0.25) is 11.8 Å². The van der Waals surface area contributed by atoms with Gasteiger partial charge in [-0.2, -0.15) is 0 Å². The summed E-state index contributed by atoms with van der Waals surface area (Å²) in [5.41, 5.74) is 3.31. The Labute approximate surface area is 265 Å². The van der Waals surface area contributed by atoms with Crippen molar-refractivity contribution in [2.24, 2.45) is 5.92 Å². The van der Waals surface area contributed by atoms with Crippen LogP contribution in [0.3, 0.4) is 0 Å². The molecule has 45 heavy (non-hydrogen) atoms. The number of sulfonamides is 1. The Balaban J connectivity index is 1.82. The number of amides is 2. The zero-order chi connectivity index (χ0) is 32.6. The zero-order valence-electron chi connectivity index (χ0n) is 26.1. The highest BCUT2D eigenvalue weighted by atomic mass is 32.2. The van der Waals surface area contributed by atoms with E-state index in [-0.39, 0.29) is 29.7 Å². The minimum Gasteiger partial charge on any atom is -0.354 e. The van der Waals surface area contributed by atoms with Gasteiger partial charge in [0.05, 0.1) is 10.6 Å². The third-order valence-corrected chi connectivity index (χ3v) is 9.24. The molecule has 0 fully saturated rings. The molecule has 0 saturated carbocycles. The van der Waals surface area contributed by atoms with Crippen LogP contribution in [0.5, 0.6) is 0 Å². The molecule has 0 aliphatic rings. The Hall–Kier alpha value is -4.50. The molecule has 0 aliphatic carbocycles. The lowest BCUT2D eigenvalue weighted by Crippen LogP contribution is -2.53. The lowest BCUT2D eigenvalue weighted by molar-refractivity contribution is -0.140. The van der Waals surface area contributed by atoms with Gasteiger partial charge in [-0.1, -0.05) is 86.6 Å². The van der Waals surface area contributed by atoms with E-state index in [4.69, 9.17) is 0 Å². The van der Waals surface area contributed by atoms with E-state index >= 15 is 0 Å². The Kier molecular flexibility index (Phi) is 11.1. The maximum absolute atomic E-state index is 14.5. The van der Waals surface area contributed by atoms with Gasteiger partial charge in [0.15, 0.2) is 0 Å². The summed E-state index contributed by atoms with van der Waals surface area (Å²) >= 11 is 0. The Morgan fingerprint density at radius 2 is 1.44 bits per heavy atom. The number of hydrogen-bond acceptors (Lipinski definition) is 4. The lowest BCUT2D eigenvalue weighted by Gasteiger charge is -2.34. The van der Waals surface area contributed by atoms with Gasteiger partial charge in [0.25, 0.3) is 10.0 Å². The van der Waals surface area contributed by atoms with Crippen molar-refractivity contribution in [1.82, 2.24) is 10.2 Å². The average molecular weight is 630 g/mol. The number of carbonyl (C=O) groups excluding carboxylic acids is 2. The number of nitrogens with one attached hydrogen (secondary N) is 1. The van der Waals surface area contributed by atoms with Gasteiger partial charge in [-0.15, -0.1) is 0 Å². The van der Waals surface area contributed by atoms with E-state index in [2.05, 4.69) is 5.32 Å². The number of carbonyl (C=O) groups is 2. The number of aryl methyl sites for hydroxylation is 2. The van der Waals surface area contributed by atoms with Crippen LogP contribution in [-0.4, -0.2) is 44.3 Å². The first-order valence-corrected chi connectivity index (χ1v) is 16.4. The topological polar surface area (TPSA) is 86.8 Å². The molecule has 9 heteroatoms. The first-order chi connectivity index (χ1) is 21.5. The number of nitrogens with zero attached hydrogens (tertiary/aromatic N) is 2. The van der Waals surface area contributed by atoms with Gasteiger partial charge in [0.1, 0.15) is 18.4 Å². The first kappa shape index (κ1) is 33.4. The van der Waals surface area contributed by atoms with Crippen LogP contribution < -0.4 is 9.62 Å². The van der Waals surface area contributed by atoms with E-state index in [1.807, 2.05) is 63.2 Å². The molecule has 0 aliphatic heterocycles. The highest BCUT2D eigenvalue weighted by molar-refractivity contribution is 7.92. The summed E-state index contributed by atoms with van der Waals surface area (Å²) in [6.45, 7) is 7.42. The molecule has 0 saturated heterocycles. The Morgan fingerprint density at radius 3 is 2.07 bits per heavy atom. The lowest BCUT2D eigenvalue weighted by atomic mass is 10.0. The zero-order valence-corrected chi connectivity index (χ0v) is 26.9. The standard InChI is InChI=1S/C36H40FN3O4S/c1-26(2)23-38-36(42)34(22-29-11-7-5-8-12-29)39(24-30-17-19-31(37)20-18-30)35(41)25-40(33-21-27(3)15-16-28(33)4)45(43,44)32-13-9-6-10-14-32/h5-21,26,34H,22-25H2,1-4H3,(H,38,42). The number of anilines is 1. The fourth-order valence-electron chi connectivity index (χ4n) is 4.98. The van der Waals surface area contributed by atoms with Gasteiger partial charge >= 0.3 is 0 Å². The Bertz CT molecular complexity index is 1700. The van der Waals surface area contributed by atoms with Gasteiger partial charge in [0, 0.05) is 19.5 Å². The molecule has 7 nitrogen and oxygen atoms in total. The number of hydrogen-bond donors (Lipinski definition) is 1. The molecular weight excluding hydrogens is 589 g/mol. The predicted octanol–water partition coefficient (Wildman–Crippen LogP) is 6.05. The highest BCUT2D eigenvalue weighted by Gasteiger charge is 2.35. The minimum atomic E-state index is -4.19. The summed E-state index contributed by atoms with van der Waals surface area (Å²) in [7, 11) is -4.19. The van der Waals surface area contributed by atoms with E-state index in [0.29, 0.717) is 23.4 Å². The highest BCUT2D eigenvalue weighted by Crippen LogP contribution is 2.29. The molecule has 1 atom stereocenters. The molecular formula is C36H40FN3O4S. The minimum absolute atomic E-state index is 0.0300. The van der Waals surface area contributed by atoms with Crippen molar-refractivity contribution < 1.29 is 22.4 Å². The van der Waals surface area contributed by atoms with Crippen LogP contribution in [0.2, 0.25) is 0 Å². The van der Waals surface area contributed by atoms with Crippen LogP contribution >= 0.6 is 0 Å². The molecule has 236 valence electrons. The number of halogens is 1. The van der Waals surface area contributed by atoms with E-state index in [1.54, 1.807) is 43.3 Å². The van der Waals surface area contributed by atoms with Crippen molar-refractivity contribution >= 4 is 27.5 Å². The van der Waals surface area contributed by atoms with Gasteiger partial charge in [-0.05, 0) is 72.4 Å². The van der Waals surface area contributed by atoms with Crippen molar-refractivity contribution in [2.45, 2.75) is 51.6 Å². The normalized spacial score (nSPS) is 12.0. The van der Waals surface area contributed by atoms with Crippen LogP contribution in [-0.2, 0) is 32.6 Å². The second-order valence-electron chi connectivity index (χ2n) is 11.6. The SMILES string of the molecule is Cc1ccc(C)c(N(CC(=O)N(Cc2ccc(F)cc2)C(Cc2ccccc2)C(=O)NCC(C)C)S(=O)(=O)c2ccccc2)c1. The largest absolute Gasteiger partial charge is 0.354 e. The quantitative estimate of drug-likeness (QED) is 0.195. The predicted molar refractivity (Wildman–Crippen MR) is 176 cm³/mol. The number of rotatable bonds is 13. The fraction of sp³-hybridized carbons (Fsp3) is 0.278. The van der Waals surface area contributed by atoms with Gasteiger partial charge in [-0.25, -0.2) is 12.8 Å². The molecule has 0 heterocycles. The van der Waals surface area contributed by atoms with Crippen LogP contribution in [0.15, 0.2) is 108 Å². The van der Waals surface area contributed by atoms with E-state index in [0.717, 1.165) is 15.4 Å². The third kappa shape index (κ3) is 8.79. The molecule has 0 bridgehead atoms. The maximum atomic E-state index is 14.5. The number of benzene rings is 4. The van der Waals surface area contributed by atoms with E-state index < -0.39 is 34.3 Å². The summed E-state index contributed by atoms with van der Waals surface area (Å²) in [6.07, 6.45) is 0.201. The molecule has 1 unspecified atom stereocenters. The fourth-order valence-corrected chi connectivity index (χ4v) is 6.48. The van der Waals surface area contributed by atoms with Crippen LogP contribution in [0.4, 0.5) is 10.1 Å². The molecule has 2 amide bonds. The molecule has 0 spiro atoms. The summed E-state index contributed by atoms with van der Waals surface area (Å²) in [5, 5.41) is 2.97. The first-order valence-electron chi connectivity index (χ1n) is 15.0. The summed E-state index contributed by atoms with van der Waals surface area (Å²) in [4.78, 5) is 29.8. The monoisotopic (exact) mass is 629 g/mol.